The number of benzene rings is 2. The summed E-state index contributed by atoms with van der Waals surface area (Å²) in [5, 5.41) is 15.2. The standard InChI is InChI=1S/C17H19N3O/c18-17(20-21)14-6-3-4-12(8-14)10-19-11-15-9-13-5-1-2-7-16(13)15/h1-8,15,19,21H,9-11H2,(H2,18,20). The highest BCUT2D eigenvalue weighted by Crippen LogP contribution is 2.33. The summed E-state index contributed by atoms with van der Waals surface area (Å²) >= 11 is 0. The molecule has 0 radical (unpaired) electrons. The third-order valence-electron chi connectivity index (χ3n) is 4.01. The van der Waals surface area contributed by atoms with E-state index in [2.05, 4.69) is 34.7 Å². The molecule has 0 heterocycles. The number of hydrogen-bond acceptors (Lipinski definition) is 3. The van der Waals surface area contributed by atoms with E-state index < -0.39 is 0 Å². The van der Waals surface area contributed by atoms with E-state index in [0.29, 0.717) is 5.92 Å². The van der Waals surface area contributed by atoms with Crippen molar-refractivity contribution in [3.63, 3.8) is 0 Å². The maximum Gasteiger partial charge on any atom is 0.170 e. The van der Waals surface area contributed by atoms with Gasteiger partial charge in [-0.1, -0.05) is 47.6 Å². The first-order chi connectivity index (χ1) is 10.3. The van der Waals surface area contributed by atoms with Gasteiger partial charge in [0.2, 0.25) is 0 Å². The molecule has 0 aliphatic heterocycles. The van der Waals surface area contributed by atoms with E-state index in [1.165, 1.54) is 11.1 Å². The lowest BCUT2D eigenvalue weighted by molar-refractivity contribution is 0.318. The minimum atomic E-state index is 0.143. The van der Waals surface area contributed by atoms with Gasteiger partial charge in [0.1, 0.15) is 0 Å². The third-order valence-corrected chi connectivity index (χ3v) is 4.01. The number of rotatable bonds is 5. The van der Waals surface area contributed by atoms with Gasteiger partial charge in [-0.05, 0) is 29.2 Å². The summed E-state index contributed by atoms with van der Waals surface area (Å²) in [6.07, 6.45) is 1.16. The van der Waals surface area contributed by atoms with Crippen LogP contribution in [0.25, 0.3) is 0 Å². The molecule has 0 fully saturated rings. The second-order valence-electron chi connectivity index (χ2n) is 5.42. The Labute approximate surface area is 124 Å². The molecule has 108 valence electrons. The van der Waals surface area contributed by atoms with Gasteiger partial charge in [-0.3, -0.25) is 0 Å². The molecule has 4 heteroatoms. The van der Waals surface area contributed by atoms with Crippen molar-refractivity contribution >= 4 is 5.84 Å². The van der Waals surface area contributed by atoms with Crippen LogP contribution >= 0.6 is 0 Å². The number of nitrogens with one attached hydrogen (secondary N) is 1. The molecule has 1 unspecified atom stereocenters. The zero-order valence-electron chi connectivity index (χ0n) is 11.8. The Morgan fingerprint density at radius 3 is 2.90 bits per heavy atom. The fourth-order valence-corrected chi connectivity index (χ4v) is 2.83. The van der Waals surface area contributed by atoms with Crippen LogP contribution in [0, 0.1) is 0 Å². The Kier molecular flexibility index (Phi) is 3.88. The van der Waals surface area contributed by atoms with Crippen LogP contribution in [0.5, 0.6) is 0 Å². The average molecular weight is 281 g/mol. The SMILES string of the molecule is NC(=NO)c1cccc(CNCC2Cc3ccccc32)c1. The van der Waals surface area contributed by atoms with E-state index in [1.54, 1.807) is 0 Å². The molecule has 1 atom stereocenters. The first-order valence-corrected chi connectivity index (χ1v) is 7.13. The van der Waals surface area contributed by atoms with Crippen LogP contribution in [0.15, 0.2) is 53.7 Å². The predicted octanol–water partition coefficient (Wildman–Crippen LogP) is 2.21. The van der Waals surface area contributed by atoms with E-state index in [0.717, 1.165) is 30.6 Å². The van der Waals surface area contributed by atoms with Crippen molar-refractivity contribution in [3.8, 4) is 0 Å². The van der Waals surface area contributed by atoms with Crippen LogP contribution < -0.4 is 11.1 Å². The molecule has 0 aromatic heterocycles. The van der Waals surface area contributed by atoms with Crippen LogP contribution in [0.4, 0.5) is 0 Å². The number of oxime groups is 1. The normalized spacial score (nSPS) is 17.1. The van der Waals surface area contributed by atoms with Crippen LogP contribution in [-0.4, -0.2) is 17.6 Å². The van der Waals surface area contributed by atoms with Gasteiger partial charge >= 0.3 is 0 Å². The Morgan fingerprint density at radius 2 is 2.10 bits per heavy atom. The Bertz CT molecular complexity index is 667. The number of nitrogens with zero attached hydrogens (tertiary/aromatic N) is 1. The summed E-state index contributed by atoms with van der Waals surface area (Å²) < 4.78 is 0. The molecule has 3 rings (SSSR count). The van der Waals surface area contributed by atoms with Crippen molar-refractivity contribution in [2.45, 2.75) is 18.9 Å². The van der Waals surface area contributed by atoms with Gasteiger partial charge in [-0.15, -0.1) is 0 Å². The highest BCUT2D eigenvalue weighted by Gasteiger charge is 2.24. The number of fused-ring (bicyclic) bond motifs is 1. The zero-order valence-corrected chi connectivity index (χ0v) is 11.8. The van der Waals surface area contributed by atoms with Crippen LogP contribution in [-0.2, 0) is 13.0 Å². The molecule has 1 aliphatic rings. The summed E-state index contributed by atoms with van der Waals surface area (Å²) in [6, 6.07) is 16.3. The van der Waals surface area contributed by atoms with Gasteiger partial charge in [-0.25, -0.2) is 0 Å². The smallest absolute Gasteiger partial charge is 0.170 e. The summed E-state index contributed by atoms with van der Waals surface area (Å²) in [5.41, 5.74) is 10.4. The monoisotopic (exact) mass is 281 g/mol. The third kappa shape index (κ3) is 2.90. The van der Waals surface area contributed by atoms with Crippen molar-refractivity contribution < 1.29 is 5.21 Å². The van der Waals surface area contributed by atoms with E-state index in [9.17, 15) is 0 Å². The van der Waals surface area contributed by atoms with Gasteiger partial charge in [-0.2, -0.15) is 0 Å². The Balaban J connectivity index is 1.55. The van der Waals surface area contributed by atoms with Gasteiger partial charge in [0.15, 0.2) is 5.84 Å². The summed E-state index contributed by atoms with van der Waals surface area (Å²) in [4.78, 5) is 0. The maximum atomic E-state index is 8.71. The topological polar surface area (TPSA) is 70.6 Å². The molecule has 21 heavy (non-hydrogen) atoms. The van der Waals surface area contributed by atoms with E-state index >= 15 is 0 Å². The molecule has 4 N–H and O–H groups in total. The molecule has 2 aromatic carbocycles. The first kappa shape index (κ1) is 13.6. The van der Waals surface area contributed by atoms with Gasteiger partial charge in [0, 0.05) is 24.6 Å². The highest BCUT2D eigenvalue weighted by atomic mass is 16.4. The van der Waals surface area contributed by atoms with Gasteiger partial charge < -0.3 is 16.3 Å². The minimum absolute atomic E-state index is 0.143. The molecule has 0 amide bonds. The van der Waals surface area contributed by atoms with Crippen molar-refractivity contribution in [1.82, 2.24) is 5.32 Å². The predicted molar refractivity (Wildman–Crippen MR) is 83.5 cm³/mol. The minimum Gasteiger partial charge on any atom is -0.409 e. The van der Waals surface area contributed by atoms with Crippen LogP contribution in [0.2, 0.25) is 0 Å². The number of hydrogen-bond donors (Lipinski definition) is 3. The van der Waals surface area contributed by atoms with Crippen LogP contribution in [0.1, 0.15) is 28.2 Å². The second kappa shape index (κ2) is 5.97. The van der Waals surface area contributed by atoms with Crippen molar-refractivity contribution in [1.29, 1.82) is 0 Å². The molecule has 4 nitrogen and oxygen atoms in total. The van der Waals surface area contributed by atoms with Crippen molar-refractivity contribution in [3.05, 3.63) is 70.8 Å². The second-order valence-corrected chi connectivity index (χ2v) is 5.42. The maximum absolute atomic E-state index is 8.71. The molecule has 1 aliphatic carbocycles. The fourth-order valence-electron chi connectivity index (χ4n) is 2.83. The highest BCUT2D eigenvalue weighted by molar-refractivity contribution is 5.97. The molecule has 2 aromatic rings. The zero-order chi connectivity index (χ0) is 14.7. The lowest BCUT2D eigenvalue weighted by Crippen LogP contribution is -2.28. The first-order valence-electron chi connectivity index (χ1n) is 7.13. The Morgan fingerprint density at radius 1 is 1.24 bits per heavy atom. The van der Waals surface area contributed by atoms with Crippen LogP contribution in [0.3, 0.4) is 0 Å². The average Bonchev–Trinajstić information content (AvgIpc) is 2.51. The summed E-state index contributed by atoms with van der Waals surface area (Å²) in [6.45, 7) is 1.76. The molecular formula is C17H19N3O. The lowest BCUT2D eigenvalue weighted by Gasteiger charge is -2.30. The number of nitrogens with two attached hydrogens (primary N) is 1. The molecule has 0 spiro atoms. The summed E-state index contributed by atoms with van der Waals surface area (Å²) in [7, 11) is 0. The lowest BCUT2D eigenvalue weighted by atomic mass is 9.77. The fraction of sp³-hybridized carbons (Fsp3) is 0.235. The van der Waals surface area contributed by atoms with E-state index in [4.69, 9.17) is 10.9 Å². The van der Waals surface area contributed by atoms with E-state index in [-0.39, 0.29) is 5.84 Å². The number of amidine groups is 1. The van der Waals surface area contributed by atoms with E-state index in [1.807, 2.05) is 24.3 Å². The summed E-state index contributed by atoms with van der Waals surface area (Å²) in [5.74, 6) is 0.762. The molecule has 0 saturated heterocycles. The largest absolute Gasteiger partial charge is 0.409 e. The quantitative estimate of drug-likeness (QED) is 0.340. The Hall–Kier alpha value is -2.33. The van der Waals surface area contributed by atoms with Crippen molar-refractivity contribution in [2.24, 2.45) is 10.9 Å². The van der Waals surface area contributed by atoms with Gasteiger partial charge in [0.05, 0.1) is 0 Å². The molecular weight excluding hydrogens is 262 g/mol. The van der Waals surface area contributed by atoms with Gasteiger partial charge in [0.25, 0.3) is 0 Å². The molecule has 0 saturated carbocycles. The molecule has 0 bridgehead atoms. The van der Waals surface area contributed by atoms with Crippen molar-refractivity contribution in [2.75, 3.05) is 6.54 Å².